The first kappa shape index (κ1) is 10.5. The number of aromatic nitrogens is 1. The van der Waals surface area contributed by atoms with Gasteiger partial charge in [0.2, 0.25) is 0 Å². The van der Waals surface area contributed by atoms with E-state index in [2.05, 4.69) is 20.2 Å². The van der Waals surface area contributed by atoms with E-state index in [1.165, 1.54) is 44.7 Å². The summed E-state index contributed by atoms with van der Waals surface area (Å²) in [6.45, 7) is 6.39. The first-order valence-corrected chi connectivity index (χ1v) is 7.66. The zero-order valence-corrected chi connectivity index (χ0v) is 10.9. The van der Waals surface area contributed by atoms with E-state index < -0.39 is 0 Å². The first-order chi connectivity index (χ1) is 8.38. The molecule has 0 amide bonds. The van der Waals surface area contributed by atoms with Gasteiger partial charge in [-0.1, -0.05) is 0 Å². The van der Waals surface area contributed by atoms with Gasteiger partial charge < -0.3 is 0 Å². The van der Waals surface area contributed by atoms with E-state index in [1.54, 1.807) is 11.3 Å². The molecule has 0 N–H and O–H groups in total. The summed E-state index contributed by atoms with van der Waals surface area (Å²) in [5.41, 5.74) is 3.20. The van der Waals surface area contributed by atoms with Crippen LogP contribution in [0, 0.1) is 11.8 Å². The summed E-state index contributed by atoms with van der Waals surface area (Å²) < 4.78 is 0. The quantitative estimate of drug-likeness (QED) is 0.812. The predicted molar refractivity (Wildman–Crippen MR) is 69.0 cm³/mol. The average molecular weight is 249 g/mol. The first-order valence-electron chi connectivity index (χ1n) is 6.72. The van der Waals surface area contributed by atoms with Crippen LogP contribution in [-0.2, 0) is 6.54 Å². The Morgan fingerprint density at radius 3 is 2.53 bits per heavy atom. The third kappa shape index (κ3) is 2.02. The van der Waals surface area contributed by atoms with E-state index >= 15 is 0 Å². The summed E-state index contributed by atoms with van der Waals surface area (Å²) >= 11 is 1.71. The molecule has 3 nitrogen and oxygen atoms in total. The molecule has 2 aliphatic heterocycles. The molecule has 0 spiro atoms. The standard InChI is InChI=1S/C13H19N3S/c1-2-13(1)16-5-10-3-15(4-11(10)6-16)7-12-8-17-9-14-12/h8-11,13H,1-7H2. The van der Waals surface area contributed by atoms with Crippen molar-refractivity contribution in [1.82, 2.24) is 14.8 Å². The van der Waals surface area contributed by atoms with Crippen molar-refractivity contribution in [3.05, 3.63) is 16.6 Å². The van der Waals surface area contributed by atoms with Gasteiger partial charge in [-0.25, -0.2) is 4.98 Å². The van der Waals surface area contributed by atoms with Crippen molar-refractivity contribution in [2.24, 2.45) is 11.8 Å². The van der Waals surface area contributed by atoms with Gasteiger partial charge >= 0.3 is 0 Å². The maximum atomic E-state index is 4.39. The lowest BCUT2D eigenvalue weighted by molar-refractivity contribution is 0.244. The van der Waals surface area contributed by atoms with Crippen molar-refractivity contribution < 1.29 is 0 Å². The van der Waals surface area contributed by atoms with E-state index in [0.29, 0.717) is 0 Å². The molecular weight excluding hydrogens is 230 g/mol. The highest BCUT2D eigenvalue weighted by Crippen LogP contribution is 2.38. The van der Waals surface area contributed by atoms with Crippen molar-refractivity contribution >= 4 is 11.3 Å². The van der Waals surface area contributed by atoms with E-state index in [0.717, 1.165) is 24.4 Å². The van der Waals surface area contributed by atoms with Crippen molar-refractivity contribution in [3.8, 4) is 0 Å². The largest absolute Gasteiger partial charge is 0.300 e. The van der Waals surface area contributed by atoms with Crippen LogP contribution in [0.1, 0.15) is 18.5 Å². The number of likely N-dealkylation sites (tertiary alicyclic amines) is 2. The van der Waals surface area contributed by atoms with Crippen LogP contribution in [0.5, 0.6) is 0 Å². The molecule has 0 aromatic carbocycles. The Morgan fingerprint density at radius 2 is 1.94 bits per heavy atom. The van der Waals surface area contributed by atoms with Gasteiger partial charge in [0.25, 0.3) is 0 Å². The molecule has 2 unspecified atom stereocenters. The molecule has 3 fully saturated rings. The van der Waals surface area contributed by atoms with Gasteiger partial charge in [0.1, 0.15) is 0 Å². The topological polar surface area (TPSA) is 19.4 Å². The Hall–Kier alpha value is -0.450. The van der Waals surface area contributed by atoms with Crippen molar-refractivity contribution in [1.29, 1.82) is 0 Å². The monoisotopic (exact) mass is 249 g/mol. The Morgan fingerprint density at radius 1 is 1.18 bits per heavy atom. The highest BCUT2D eigenvalue weighted by Gasteiger charge is 2.44. The lowest BCUT2D eigenvalue weighted by Crippen LogP contribution is -2.30. The van der Waals surface area contributed by atoms with Gasteiger partial charge in [0, 0.05) is 44.1 Å². The normalized spacial score (nSPS) is 34.4. The van der Waals surface area contributed by atoms with Crippen LogP contribution in [0.15, 0.2) is 10.9 Å². The highest BCUT2D eigenvalue weighted by atomic mass is 32.1. The molecule has 1 saturated carbocycles. The molecule has 3 aliphatic rings. The lowest BCUT2D eigenvalue weighted by Gasteiger charge is -2.20. The second-order valence-electron chi connectivity index (χ2n) is 5.88. The number of rotatable bonds is 3. The third-order valence-corrected chi connectivity index (χ3v) is 5.16. The highest BCUT2D eigenvalue weighted by molar-refractivity contribution is 7.07. The molecule has 0 radical (unpaired) electrons. The lowest BCUT2D eigenvalue weighted by atomic mass is 10.0. The fraction of sp³-hybridized carbons (Fsp3) is 0.769. The molecular formula is C13H19N3S. The van der Waals surface area contributed by atoms with Crippen molar-refractivity contribution in [2.75, 3.05) is 26.2 Å². The second kappa shape index (κ2) is 4.04. The average Bonchev–Trinajstić information content (AvgIpc) is 2.72. The van der Waals surface area contributed by atoms with Crippen molar-refractivity contribution in [2.45, 2.75) is 25.4 Å². The van der Waals surface area contributed by atoms with Gasteiger partial charge in [0.05, 0.1) is 11.2 Å². The summed E-state index contributed by atoms with van der Waals surface area (Å²) in [5.74, 6) is 1.88. The zero-order chi connectivity index (χ0) is 11.2. The van der Waals surface area contributed by atoms with Gasteiger partial charge in [-0.05, 0) is 24.7 Å². The molecule has 4 rings (SSSR count). The molecule has 2 saturated heterocycles. The number of hydrogen-bond donors (Lipinski definition) is 0. The SMILES string of the molecule is c1nc(CN2CC3CN(C4CC4)CC3C2)cs1. The summed E-state index contributed by atoms with van der Waals surface area (Å²) in [7, 11) is 0. The van der Waals surface area contributed by atoms with Crippen LogP contribution in [0.2, 0.25) is 0 Å². The van der Waals surface area contributed by atoms with E-state index in [4.69, 9.17) is 0 Å². The van der Waals surface area contributed by atoms with Gasteiger partial charge in [-0.15, -0.1) is 11.3 Å². The molecule has 2 atom stereocenters. The minimum Gasteiger partial charge on any atom is -0.300 e. The fourth-order valence-electron chi connectivity index (χ4n) is 3.54. The smallest absolute Gasteiger partial charge is 0.0795 e. The Kier molecular flexibility index (Phi) is 2.49. The predicted octanol–water partition coefficient (Wildman–Crippen LogP) is 1.67. The summed E-state index contributed by atoms with van der Waals surface area (Å²) in [6.07, 6.45) is 2.92. The van der Waals surface area contributed by atoms with Crippen LogP contribution in [0.25, 0.3) is 0 Å². The second-order valence-corrected chi connectivity index (χ2v) is 6.60. The van der Waals surface area contributed by atoms with Gasteiger partial charge in [-0.2, -0.15) is 0 Å². The van der Waals surface area contributed by atoms with Gasteiger partial charge in [0.15, 0.2) is 0 Å². The number of thiazole rings is 1. The van der Waals surface area contributed by atoms with E-state index in [1.807, 2.05) is 5.51 Å². The summed E-state index contributed by atoms with van der Waals surface area (Å²) in [5, 5.41) is 2.19. The number of hydrogen-bond acceptors (Lipinski definition) is 4. The van der Waals surface area contributed by atoms with E-state index in [9.17, 15) is 0 Å². The third-order valence-electron chi connectivity index (χ3n) is 4.52. The molecule has 4 heteroatoms. The van der Waals surface area contributed by atoms with Gasteiger partial charge in [-0.3, -0.25) is 9.80 Å². The van der Waals surface area contributed by atoms with E-state index in [-0.39, 0.29) is 0 Å². The Balaban J connectivity index is 1.35. The number of nitrogens with zero attached hydrogens (tertiary/aromatic N) is 3. The summed E-state index contributed by atoms with van der Waals surface area (Å²) in [4.78, 5) is 9.74. The van der Waals surface area contributed by atoms with Crippen LogP contribution < -0.4 is 0 Å². The minimum absolute atomic E-state index is 0.939. The van der Waals surface area contributed by atoms with Crippen LogP contribution in [0.4, 0.5) is 0 Å². The zero-order valence-electron chi connectivity index (χ0n) is 10.1. The molecule has 1 aromatic heterocycles. The minimum atomic E-state index is 0.939. The van der Waals surface area contributed by atoms with Crippen LogP contribution in [0.3, 0.4) is 0 Å². The molecule has 17 heavy (non-hydrogen) atoms. The van der Waals surface area contributed by atoms with Crippen molar-refractivity contribution in [3.63, 3.8) is 0 Å². The molecule has 92 valence electrons. The molecule has 1 aromatic rings. The maximum Gasteiger partial charge on any atom is 0.0795 e. The Labute approximate surface area is 106 Å². The molecule has 3 heterocycles. The molecule has 1 aliphatic carbocycles. The Bertz CT molecular complexity index is 373. The fourth-order valence-corrected chi connectivity index (χ4v) is 4.09. The van der Waals surface area contributed by atoms with Crippen LogP contribution in [-0.4, -0.2) is 47.0 Å². The maximum absolute atomic E-state index is 4.39. The molecule has 0 bridgehead atoms. The van der Waals surface area contributed by atoms with Crippen LogP contribution >= 0.6 is 11.3 Å². The number of fused-ring (bicyclic) bond motifs is 1. The summed E-state index contributed by atoms with van der Waals surface area (Å²) in [6, 6.07) is 0.965.